The van der Waals surface area contributed by atoms with Crippen LogP contribution >= 0.6 is 0 Å². The molecule has 0 spiro atoms. The van der Waals surface area contributed by atoms with Crippen molar-refractivity contribution in [1.29, 1.82) is 10.7 Å². The Bertz CT molecular complexity index is 235. The van der Waals surface area contributed by atoms with Gasteiger partial charge in [0, 0.05) is 0 Å². The fourth-order valence-corrected chi connectivity index (χ4v) is 0.851. The maximum atomic E-state index is 12.2. The first-order valence-electron chi connectivity index (χ1n) is 3.22. The standard InChI is InChI=1S/C7H8FN3/c1-5(2-9)7(10)11-3-6(8)4-11/h6,10H,1,3-4H2. The number of amidine groups is 1. The summed E-state index contributed by atoms with van der Waals surface area (Å²) in [6.45, 7) is 3.79. The Morgan fingerprint density at radius 3 is 2.64 bits per heavy atom. The van der Waals surface area contributed by atoms with E-state index in [0.717, 1.165) is 0 Å². The summed E-state index contributed by atoms with van der Waals surface area (Å²) >= 11 is 0. The van der Waals surface area contributed by atoms with Crippen molar-refractivity contribution >= 4 is 5.84 Å². The Balaban J connectivity index is 2.46. The van der Waals surface area contributed by atoms with Crippen LogP contribution in [0.15, 0.2) is 12.2 Å². The first kappa shape index (κ1) is 7.73. The van der Waals surface area contributed by atoms with Gasteiger partial charge in [0.05, 0.1) is 18.7 Å². The number of alkyl halides is 1. The lowest BCUT2D eigenvalue weighted by Gasteiger charge is -2.35. The van der Waals surface area contributed by atoms with Gasteiger partial charge in [-0.15, -0.1) is 0 Å². The van der Waals surface area contributed by atoms with Gasteiger partial charge in [0.1, 0.15) is 18.1 Å². The number of nitriles is 1. The fraction of sp³-hybridized carbons (Fsp3) is 0.429. The first-order chi connectivity index (χ1) is 5.15. The second-order valence-corrected chi connectivity index (χ2v) is 2.44. The summed E-state index contributed by atoms with van der Waals surface area (Å²) in [4.78, 5) is 1.48. The maximum Gasteiger partial charge on any atom is 0.138 e. The van der Waals surface area contributed by atoms with Crippen LogP contribution in [0, 0.1) is 16.7 Å². The molecule has 1 N–H and O–H groups in total. The van der Waals surface area contributed by atoms with E-state index in [1.165, 1.54) is 4.90 Å². The minimum atomic E-state index is -0.846. The van der Waals surface area contributed by atoms with Crippen molar-refractivity contribution in [2.24, 2.45) is 0 Å². The van der Waals surface area contributed by atoms with Crippen LogP contribution in [0.4, 0.5) is 4.39 Å². The second-order valence-electron chi connectivity index (χ2n) is 2.44. The molecular weight excluding hydrogens is 145 g/mol. The van der Waals surface area contributed by atoms with Crippen LogP contribution in [0.25, 0.3) is 0 Å². The molecule has 1 heterocycles. The number of nitrogens with zero attached hydrogens (tertiary/aromatic N) is 2. The van der Waals surface area contributed by atoms with Crippen LogP contribution in [0.5, 0.6) is 0 Å². The van der Waals surface area contributed by atoms with E-state index >= 15 is 0 Å². The summed E-state index contributed by atoms with van der Waals surface area (Å²) in [5, 5.41) is 15.6. The van der Waals surface area contributed by atoms with Gasteiger partial charge in [-0.25, -0.2) is 4.39 Å². The molecule has 58 valence electrons. The van der Waals surface area contributed by atoms with Gasteiger partial charge < -0.3 is 4.90 Å². The van der Waals surface area contributed by atoms with Crippen LogP contribution < -0.4 is 0 Å². The van der Waals surface area contributed by atoms with Gasteiger partial charge in [0.25, 0.3) is 0 Å². The highest BCUT2D eigenvalue weighted by Gasteiger charge is 2.28. The molecule has 0 aliphatic carbocycles. The van der Waals surface area contributed by atoms with Gasteiger partial charge in [-0.05, 0) is 0 Å². The highest BCUT2D eigenvalue weighted by Crippen LogP contribution is 2.13. The van der Waals surface area contributed by atoms with Crippen molar-refractivity contribution in [3.05, 3.63) is 12.2 Å². The molecule has 0 aromatic rings. The van der Waals surface area contributed by atoms with E-state index in [0.29, 0.717) is 0 Å². The SMILES string of the molecule is C=C(C#N)C(=N)N1CC(F)C1. The molecule has 0 saturated carbocycles. The number of likely N-dealkylation sites (tertiary alicyclic amines) is 1. The van der Waals surface area contributed by atoms with Gasteiger partial charge >= 0.3 is 0 Å². The molecule has 0 atom stereocenters. The Kier molecular flexibility index (Phi) is 1.90. The van der Waals surface area contributed by atoms with Crippen LogP contribution in [-0.2, 0) is 0 Å². The largest absolute Gasteiger partial charge is 0.350 e. The predicted molar refractivity (Wildman–Crippen MR) is 38.9 cm³/mol. The highest BCUT2D eigenvalue weighted by molar-refractivity contribution is 5.99. The van der Waals surface area contributed by atoms with Crippen LogP contribution in [0.2, 0.25) is 0 Å². The van der Waals surface area contributed by atoms with Crippen molar-refractivity contribution in [3.8, 4) is 6.07 Å². The van der Waals surface area contributed by atoms with E-state index in [1.807, 2.05) is 0 Å². The summed E-state index contributed by atoms with van der Waals surface area (Å²) in [6, 6.07) is 1.75. The van der Waals surface area contributed by atoms with Gasteiger partial charge in [-0.3, -0.25) is 5.41 Å². The summed E-state index contributed by atoms with van der Waals surface area (Å²) < 4.78 is 12.2. The molecule has 4 heteroatoms. The number of rotatable bonds is 1. The summed E-state index contributed by atoms with van der Waals surface area (Å²) in [5.41, 5.74) is 0.0944. The molecule has 0 unspecified atom stereocenters. The summed E-state index contributed by atoms with van der Waals surface area (Å²) in [5.74, 6) is 0.0430. The average Bonchev–Trinajstić information content (AvgIpc) is 1.96. The lowest BCUT2D eigenvalue weighted by atomic mass is 10.1. The molecule has 1 aliphatic heterocycles. The van der Waals surface area contributed by atoms with Crippen molar-refractivity contribution < 1.29 is 4.39 Å². The molecule has 3 nitrogen and oxygen atoms in total. The molecular formula is C7H8FN3. The lowest BCUT2D eigenvalue weighted by Crippen LogP contribution is -2.51. The van der Waals surface area contributed by atoms with Crippen molar-refractivity contribution in [1.82, 2.24) is 4.90 Å². The lowest BCUT2D eigenvalue weighted by molar-refractivity contribution is 0.131. The third kappa shape index (κ3) is 1.37. The monoisotopic (exact) mass is 153 g/mol. The minimum Gasteiger partial charge on any atom is -0.350 e. The predicted octanol–water partition coefficient (Wildman–Crippen LogP) is 0.697. The Morgan fingerprint density at radius 1 is 1.73 bits per heavy atom. The molecule has 0 aromatic heterocycles. The number of hydrogen-bond acceptors (Lipinski definition) is 2. The van der Waals surface area contributed by atoms with E-state index in [2.05, 4.69) is 6.58 Å². The van der Waals surface area contributed by atoms with Crippen molar-refractivity contribution in [2.45, 2.75) is 6.17 Å². The van der Waals surface area contributed by atoms with E-state index < -0.39 is 6.17 Å². The van der Waals surface area contributed by atoms with E-state index in [-0.39, 0.29) is 24.5 Å². The van der Waals surface area contributed by atoms with Gasteiger partial charge in [0.15, 0.2) is 0 Å². The third-order valence-electron chi connectivity index (χ3n) is 1.57. The molecule has 11 heavy (non-hydrogen) atoms. The van der Waals surface area contributed by atoms with Crippen LogP contribution in [-0.4, -0.2) is 30.0 Å². The van der Waals surface area contributed by atoms with Gasteiger partial charge in [0.2, 0.25) is 0 Å². The second kappa shape index (κ2) is 2.70. The van der Waals surface area contributed by atoms with Crippen molar-refractivity contribution in [2.75, 3.05) is 13.1 Å². The number of hydrogen-bond donors (Lipinski definition) is 1. The zero-order valence-electron chi connectivity index (χ0n) is 5.97. The quantitative estimate of drug-likeness (QED) is 0.342. The molecule has 0 amide bonds. The van der Waals surface area contributed by atoms with Gasteiger partial charge in [-0.1, -0.05) is 6.58 Å². The van der Waals surface area contributed by atoms with E-state index in [4.69, 9.17) is 10.7 Å². The summed E-state index contributed by atoms with van der Waals surface area (Å²) in [7, 11) is 0. The number of nitrogens with one attached hydrogen (secondary N) is 1. The smallest absolute Gasteiger partial charge is 0.138 e. The average molecular weight is 153 g/mol. The molecule has 1 rings (SSSR count). The Hall–Kier alpha value is -1.37. The first-order valence-corrected chi connectivity index (χ1v) is 3.22. The van der Waals surface area contributed by atoms with Crippen molar-refractivity contribution in [3.63, 3.8) is 0 Å². The fourth-order valence-electron chi connectivity index (χ4n) is 0.851. The molecule has 1 fully saturated rings. The zero-order valence-corrected chi connectivity index (χ0v) is 5.97. The molecule has 0 aromatic carbocycles. The molecule has 1 aliphatic rings. The van der Waals surface area contributed by atoms with E-state index in [1.54, 1.807) is 6.07 Å². The zero-order chi connectivity index (χ0) is 8.43. The third-order valence-corrected chi connectivity index (χ3v) is 1.57. The molecule has 0 bridgehead atoms. The molecule has 0 radical (unpaired) electrons. The van der Waals surface area contributed by atoms with Crippen LogP contribution in [0.3, 0.4) is 0 Å². The number of halogens is 1. The Morgan fingerprint density at radius 2 is 2.27 bits per heavy atom. The normalized spacial score (nSPS) is 16.9. The minimum absolute atomic E-state index is 0.0430. The van der Waals surface area contributed by atoms with Crippen LogP contribution in [0.1, 0.15) is 0 Å². The maximum absolute atomic E-state index is 12.2. The molecule has 1 saturated heterocycles. The van der Waals surface area contributed by atoms with Gasteiger partial charge in [-0.2, -0.15) is 5.26 Å². The highest BCUT2D eigenvalue weighted by atomic mass is 19.1. The van der Waals surface area contributed by atoms with E-state index in [9.17, 15) is 4.39 Å². The topological polar surface area (TPSA) is 50.9 Å². The summed E-state index contributed by atoms with van der Waals surface area (Å²) in [6.07, 6.45) is -0.846. The Labute approximate surface area is 64.2 Å².